The Morgan fingerprint density at radius 1 is 1.41 bits per heavy atom. The van der Waals surface area contributed by atoms with Gasteiger partial charge < -0.3 is 15.2 Å². The highest BCUT2D eigenvalue weighted by molar-refractivity contribution is 5.85. The van der Waals surface area contributed by atoms with Gasteiger partial charge in [-0.2, -0.15) is 0 Å². The Hall–Kier alpha value is -1.00. The van der Waals surface area contributed by atoms with Crippen molar-refractivity contribution in [2.24, 2.45) is 5.92 Å². The van der Waals surface area contributed by atoms with Gasteiger partial charge in [0, 0.05) is 6.20 Å². The molecule has 0 bridgehead atoms. The summed E-state index contributed by atoms with van der Waals surface area (Å²) in [4.78, 5) is 3.98. The lowest BCUT2D eigenvalue weighted by atomic mass is 9.95. The van der Waals surface area contributed by atoms with Gasteiger partial charge in [-0.1, -0.05) is 0 Å². The molecule has 0 saturated carbocycles. The number of piperidine rings is 1. The molecule has 0 atom stereocenters. The van der Waals surface area contributed by atoms with Gasteiger partial charge >= 0.3 is 0 Å². The van der Waals surface area contributed by atoms with Crippen LogP contribution in [0.15, 0.2) is 18.3 Å². The van der Waals surface area contributed by atoms with Crippen LogP contribution in [0.3, 0.4) is 0 Å². The van der Waals surface area contributed by atoms with E-state index in [4.69, 9.17) is 4.74 Å². The van der Waals surface area contributed by atoms with E-state index in [9.17, 15) is 5.11 Å². The van der Waals surface area contributed by atoms with Crippen molar-refractivity contribution < 1.29 is 9.84 Å². The Bertz CT molecular complexity index is 330. The lowest BCUT2D eigenvalue weighted by molar-refractivity contribution is 0.237. The van der Waals surface area contributed by atoms with Crippen LogP contribution in [0.25, 0.3) is 0 Å². The van der Waals surface area contributed by atoms with Gasteiger partial charge in [-0.15, -0.1) is 12.4 Å². The molecule has 2 N–H and O–H groups in total. The standard InChI is InChI=1S/C12H18N2O2.ClH/c15-11-2-1-6-14-12(11)16-9-5-10-3-7-13-8-4-10;/h1-2,6,10,13,15H,3-5,7-9H2;1H. The minimum absolute atomic E-state index is 0. The van der Waals surface area contributed by atoms with Gasteiger partial charge in [-0.05, 0) is 50.4 Å². The zero-order valence-corrected chi connectivity index (χ0v) is 10.6. The molecule has 1 saturated heterocycles. The third kappa shape index (κ3) is 4.40. The van der Waals surface area contributed by atoms with Crippen molar-refractivity contribution in [3.8, 4) is 11.6 Å². The molecule has 1 aromatic rings. The lowest BCUT2D eigenvalue weighted by Gasteiger charge is -2.22. The van der Waals surface area contributed by atoms with E-state index >= 15 is 0 Å². The van der Waals surface area contributed by atoms with Gasteiger partial charge in [0.25, 0.3) is 5.88 Å². The fraction of sp³-hybridized carbons (Fsp3) is 0.583. The first-order valence-corrected chi connectivity index (χ1v) is 5.84. The second kappa shape index (κ2) is 7.35. The molecule has 1 aromatic heterocycles. The molecule has 4 nitrogen and oxygen atoms in total. The molecule has 0 aliphatic carbocycles. The zero-order valence-electron chi connectivity index (χ0n) is 9.76. The van der Waals surface area contributed by atoms with Crippen molar-refractivity contribution in [3.63, 3.8) is 0 Å². The maximum Gasteiger partial charge on any atom is 0.256 e. The minimum Gasteiger partial charge on any atom is -0.503 e. The quantitative estimate of drug-likeness (QED) is 0.867. The molecule has 0 unspecified atom stereocenters. The first-order valence-electron chi connectivity index (χ1n) is 5.84. The Kier molecular flexibility index (Phi) is 6.08. The molecule has 2 heterocycles. The predicted molar refractivity (Wildman–Crippen MR) is 68.9 cm³/mol. The van der Waals surface area contributed by atoms with Crippen LogP contribution < -0.4 is 10.1 Å². The maximum absolute atomic E-state index is 9.45. The lowest BCUT2D eigenvalue weighted by Crippen LogP contribution is -2.28. The Balaban J connectivity index is 0.00000144. The van der Waals surface area contributed by atoms with Crippen LogP contribution in [-0.2, 0) is 0 Å². The van der Waals surface area contributed by atoms with Gasteiger partial charge in [0.2, 0.25) is 0 Å². The fourth-order valence-corrected chi connectivity index (χ4v) is 1.99. The van der Waals surface area contributed by atoms with Crippen molar-refractivity contribution >= 4 is 12.4 Å². The first-order chi connectivity index (χ1) is 7.86. The summed E-state index contributed by atoms with van der Waals surface area (Å²) in [6, 6.07) is 3.28. The molecule has 0 amide bonds. The number of aromatic nitrogens is 1. The topological polar surface area (TPSA) is 54.4 Å². The molecule has 1 aliphatic rings. The molecule has 0 radical (unpaired) electrons. The summed E-state index contributed by atoms with van der Waals surface area (Å²) in [6.07, 6.45) is 5.10. The second-order valence-electron chi connectivity index (χ2n) is 4.16. The average Bonchev–Trinajstić information content (AvgIpc) is 2.33. The molecule has 17 heavy (non-hydrogen) atoms. The van der Waals surface area contributed by atoms with E-state index in [1.165, 1.54) is 12.8 Å². The van der Waals surface area contributed by atoms with Crippen LogP contribution in [0.2, 0.25) is 0 Å². The van der Waals surface area contributed by atoms with E-state index in [1.54, 1.807) is 18.3 Å². The Labute approximate surface area is 108 Å². The number of rotatable bonds is 4. The molecule has 5 heteroatoms. The van der Waals surface area contributed by atoms with Crippen molar-refractivity contribution in [3.05, 3.63) is 18.3 Å². The fourth-order valence-electron chi connectivity index (χ4n) is 1.99. The smallest absolute Gasteiger partial charge is 0.256 e. The zero-order chi connectivity index (χ0) is 11.2. The Morgan fingerprint density at radius 3 is 2.88 bits per heavy atom. The monoisotopic (exact) mass is 258 g/mol. The minimum atomic E-state index is 0. The normalized spacial score (nSPS) is 16.2. The Morgan fingerprint density at radius 2 is 2.18 bits per heavy atom. The largest absolute Gasteiger partial charge is 0.503 e. The third-order valence-electron chi connectivity index (χ3n) is 2.97. The number of aromatic hydroxyl groups is 1. The molecule has 1 fully saturated rings. The SMILES string of the molecule is Cl.Oc1cccnc1OCCC1CCNCC1. The molecule has 0 spiro atoms. The van der Waals surface area contributed by atoms with Gasteiger partial charge in [0.1, 0.15) is 0 Å². The van der Waals surface area contributed by atoms with Gasteiger partial charge in [0.15, 0.2) is 5.75 Å². The van der Waals surface area contributed by atoms with Crippen molar-refractivity contribution in [2.75, 3.05) is 19.7 Å². The van der Waals surface area contributed by atoms with E-state index in [0.717, 1.165) is 25.4 Å². The summed E-state index contributed by atoms with van der Waals surface area (Å²) < 4.78 is 5.46. The van der Waals surface area contributed by atoms with Gasteiger partial charge in [0.05, 0.1) is 6.61 Å². The summed E-state index contributed by atoms with van der Waals surface area (Å²) in [7, 11) is 0. The van der Waals surface area contributed by atoms with Crippen molar-refractivity contribution in [2.45, 2.75) is 19.3 Å². The van der Waals surface area contributed by atoms with Crippen LogP contribution in [0.1, 0.15) is 19.3 Å². The average molecular weight is 259 g/mol. The summed E-state index contributed by atoms with van der Waals surface area (Å²) in [5.41, 5.74) is 0. The summed E-state index contributed by atoms with van der Waals surface area (Å²) in [5, 5.41) is 12.8. The molecule has 1 aliphatic heterocycles. The van der Waals surface area contributed by atoms with Crippen molar-refractivity contribution in [1.29, 1.82) is 0 Å². The number of hydrogen-bond acceptors (Lipinski definition) is 4. The number of hydrogen-bond donors (Lipinski definition) is 2. The van der Waals surface area contributed by atoms with Crippen LogP contribution in [0.5, 0.6) is 11.6 Å². The number of nitrogens with one attached hydrogen (secondary N) is 1. The van der Waals surface area contributed by atoms with E-state index < -0.39 is 0 Å². The van der Waals surface area contributed by atoms with Gasteiger partial charge in [-0.25, -0.2) is 4.98 Å². The molecular weight excluding hydrogens is 240 g/mol. The second-order valence-corrected chi connectivity index (χ2v) is 4.16. The first kappa shape index (κ1) is 14.1. The van der Waals surface area contributed by atoms with Crippen LogP contribution in [0, 0.1) is 5.92 Å². The molecule has 0 aromatic carbocycles. The highest BCUT2D eigenvalue weighted by Gasteiger charge is 2.13. The molecule has 2 rings (SSSR count). The maximum atomic E-state index is 9.45. The third-order valence-corrected chi connectivity index (χ3v) is 2.97. The van der Waals surface area contributed by atoms with E-state index in [2.05, 4.69) is 10.3 Å². The summed E-state index contributed by atoms with van der Waals surface area (Å²) in [5.74, 6) is 1.20. The van der Waals surface area contributed by atoms with Crippen molar-refractivity contribution in [1.82, 2.24) is 10.3 Å². The van der Waals surface area contributed by atoms with Crippen LogP contribution in [-0.4, -0.2) is 29.8 Å². The van der Waals surface area contributed by atoms with Gasteiger partial charge in [-0.3, -0.25) is 0 Å². The van der Waals surface area contributed by atoms with Crippen LogP contribution in [0.4, 0.5) is 0 Å². The molecular formula is C12H19ClN2O2. The number of ether oxygens (including phenoxy) is 1. The number of nitrogens with zero attached hydrogens (tertiary/aromatic N) is 1. The highest BCUT2D eigenvalue weighted by Crippen LogP contribution is 2.22. The summed E-state index contributed by atoms with van der Waals surface area (Å²) in [6.45, 7) is 2.86. The number of pyridine rings is 1. The summed E-state index contributed by atoms with van der Waals surface area (Å²) >= 11 is 0. The van der Waals surface area contributed by atoms with E-state index in [0.29, 0.717) is 12.5 Å². The van der Waals surface area contributed by atoms with E-state index in [1.807, 2.05) is 0 Å². The van der Waals surface area contributed by atoms with Crippen LogP contribution >= 0.6 is 12.4 Å². The molecule has 96 valence electrons. The van der Waals surface area contributed by atoms with E-state index in [-0.39, 0.29) is 18.2 Å². The predicted octanol–water partition coefficient (Wildman–Crippen LogP) is 1.98. The number of halogens is 1. The highest BCUT2D eigenvalue weighted by atomic mass is 35.5.